The molecule has 0 amide bonds. The summed E-state index contributed by atoms with van der Waals surface area (Å²) >= 11 is 2.71. The number of hydrogen-bond donors (Lipinski definition) is 0. The van der Waals surface area contributed by atoms with Crippen molar-refractivity contribution < 1.29 is 39.5 Å². The molecular formula is C8H3BrClF6NO3S. The Hall–Kier alpha value is -0.750. The van der Waals surface area contributed by atoms with Crippen molar-refractivity contribution in [1.29, 1.82) is 0 Å². The molecule has 1 aromatic heterocycles. The Kier molecular flexibility index (Phi) is 5.05. The molecule has 0 atom stereocenters. The summed E-state index contributed by atoms with van der Waals surface area (Å²) < 4.78 is 100. The standard InChI is InChI=1S/C8H3BrClF6NO3S/c9-2-3-1-4(21(10,18)19)5(20-8(14,15)16)6(17-3)7(11,12)13/h1H,2H2. The summed E-state index contributed by atoms with van der Waals surface area (Å²) in [6, 6.07) is 0.452. The van der Waals surface area contributed by atoms with E-state index < -0.39 is 43.6 Å². The predicted octanol–water partition coefficient (Wildman–Crippen LogP) is 3.82. The zero-order valence-corrected chi connectivity index (χ0v) is 12.5. The van der Waals surface area contributed by atoms with Crippen molar-refractivity contribution >= 4 is 35.7 Å². The smallest absolute Gasteiger partial charge is 0.402 e. The molecule has 0 aliphatic rings. The van der Waals surface area contributed by atoms with E-state index in [1.54, 1.807) is 0 Å². The molecular weight excluding hydrogens is 420 g/mol. The van der Waals surface area contributed by atoms with Gasteiger partial charge in [0.15, 0.2) is 11.4 Å². The monoisotopic (exact) mass is 421 g/mol. The topological polar surface area (TPSA) is 56.3 Å². The van der Waals surface area contributed by atoms with Crippen LogP contribution in [0.3, 0.4) is 0 Å². The first-order valence-electron chi connectivity index (χ1n) is 4.63. The van der Waals surface area contributed by atoms with Gasteiger partial charge < -0.3 is 4.74 Å². The third-order valence-corrected chi connectivity index (χ3v) is 3.78. The third kappa shape index (κ3) is 4.88. The van der Waals surface area contributed by atoms with E-state index in [1.807, 2.05) is 0 Å². The van der Waals surface area contributed by atoms with Crippen LogP contribution in [0, 0.1) is 0 Å². The van der Waals surface area contributed by atoms with Crippen molar-refractivity contribution in [3.8, 4) is 5.75 Å². The van der Waals surface area contributed by atoms with Gasteiger partial charge in [-0.3, -0.25) is 0 Å². The highest BCUT2D eigenvalue weighted by Crippen LogP contribution is 2.42. The van der Waals surface area contributed by atoms with Crippen LogP contribution in [0.25, 0.3) is 0 Å². The number of pyridine rings is 1. The number of hydrogen-bond acceptors (Lipinski definition) is 4. The van der Waals surface area contributed by atoms with E-state index in [0.717, 1.165) is 0 Å². The summed E-state index contributed by atoms with van der Waals surface area (Å²) in [7, 11) is -0.0768. The molecule has 120 valence electrons. The molecule has 0 unspecified atom stereocenters. The second-order valence-electron chi connectivity index (χ2n) is 3.41. The number of aromatic nitrogens is 1. The number of halogens is 8. The number of alkyl halides is 7. The minimum atomic E-state index is -5.56. The highest BCUT2D eigenvalue weighted by atomic mass is 79.9. The maximum absolute atomic E-state index is 12.7. The van der Waals surface area contributed by atoms with Crippen LogP contribution in [0.4, 0.5) is 26.3 Å². The zero-order chi connectivity index (χ0) is 16.6. The van der Waals surface area contributed by atoms with Crippen molar-refractivity contribution in [3.63, 3.8) is 0 Å². The van der Waals surface area contributed by atoms with Crippen molar-refractivity contribution in [2.24, 2.45) is 0 Å². The highest BCUT2D eigenvalue weighted by Gasteiger charge is 2.44. The molecule has 0 saturated carbocycles. The van der Waals surface area contributed by atoms with E-state index in [0.29, 0.717) is 6.07 Å². The molecule has 0 fully saturated rings. The minimum absolute atomic E-state index is 0.345. The Labute approximate surface area is 126 Å². The summed E-state index contributed by atoms with van der Waals surface area (Å²) in [6.45, 7) is 0. The van der Waals surface area contributed by atoms with Crippen LogP contribution in [-0.2, 0) is 20.6 Å². The summed E-state index contributed by atoms with van der Waals surface area (Å²) in [5.41, 5.74) is -2.63. The van der Waals surface area contributed by atoms with Crippen LogP contribution >= 0.6 is 26.6 Å². The molecule has 1 rings (SSSR count). The van der Waals surface area contributed by atoms with E-state index in [1.165, 1.54) is 0 Å². The van der Waals surface area contributed by atoms with Gasteiger partial charge in [0.05, 0.1) is 5.69 Å². The first kappa shape index (κ1) is 18.3. The lowest BCUT2D eigenvalue weighted by Gasteiger charge is -2.17. The number of rotatable bonds is 3. The predicted molar refractivity (Wildman–Crippen MR) is 61.6 cm³/mol. The number of nitrogens with zero attached hydrogens (tertiary/aromatic N) is 1. The van der Waals surface area contributed by atoms with Crippen molar-refractivity contribution in [3.05, 3.63) is 17.5 Å². The molecule has 4 nitrogen and oxygen atoms in total. The van der Waals surface area contributed by atoms with Gasteiger partial charge in [-0.2, -0.15) is 13.2 Å². The second-order valence-corrected chi connectivity index (χ2v) is 6.50. The lowest BCUT2D eigenvalue weighted by molar-refractivity contribution is -0.277. The Morgan fingerprint density at radius 1 is 1.24 bits per heavy atom. The van der Waals surface area contributed by atoms with Gasteiger partial charge in [0.2, 0.25) is 0 Å². The minimum Gasteiger partial charge on any atom is -0.402 e. The molecule has 0 aliphatic carbocycles. The Bertz CT molecular complexity index is 645. The van der Waals surface area contributed by atoms with Crippen LogP contribution in [0.1, 0.15) is 11.4 Å². The summed E-state index contributed by atoms with van der Waals surface area (Å²) in [4.78, 5) is 1.43. The van der Waals surface area contributed by atoms with E-state index in [4.69, 9.17) is 10.7 Å². The average molecular weight is 423 g/mol. The lowest BCUT2D eigenvalue weighted by Crippen LogP contribution is -2.23. The fraction of sp³-hybridized carbons (Fsp3) is 0.375. The molecule has 21 heavy (non-hydrogen) atoms. The van der Waals surface area contributed by atoms with Crippen molar-refractivity contribution in [2.75, 3.05) is 0 Å². The normalized spacial score (nSPS) is 13.3. The van der Waals surface area contributed by atoms with E-state index in [-0.39, 0.29) is 5.33 Å². The molecule has 0 N–H and O–H groups in total. The van der Waals surface area contributed by atoms with Gasteiger partial charge in [-0.15, -0.1) is 13.2 Å². The van der Waals surface area contributed by atoms with Crippen LogP contribution in [-0.4, -0.2) is 19.8 Å². The summed E-state index contributed by atoms with van der Waals surface area (Å²) in [5, 5.41) is -0.345. The molecule has 0 saturated heterocycles. The molecule has 13 heteroatoms. The van der Waals surface area contributed by atoms with Crippen LogP contribution in [0.2, 0.25) is 0 Å². The zero-order valence-electron chi connectivity index (χ0n) is 9.39. The molecule has 0 aromatic carbocycles. The maximum atomic E-state index is 12.7. The first-order chi connectivity index (χ1) is 9.25. The highest BCUT2D eigenvalue weighted by molar-refractivity contribution is 9.08. The fourth-order valence-corrected chi connectivity index (χ4v) is 2.48. The Balaban J connectivity index is 3.76. The van der Waals surface area contributed by atoms with Gasteiger partial charge >= 0.3 is 12.5 Å². The lowest BCUT2D eigenvalue weighted by atomic mass is 10.2. The molecule has 1 heterocycles. The Morgan fingerprint density at radius 2 is 1.76 bits per heavy atom. The largest absolute Gasteiger partial charge is 0.573 e. The second kappa shape index (κ2) is 5.80. The molecule has 0 bridgehead atoms. The quantitative estimate of drug-likeness (QED) is 0.422. The van der Waals surface area contributed by atoms with Gasteiger partial charge in [0, 0.05) is 16.0 Å². The molecule has 0 aliphatic heterocycles. The summed E-state index contributed by atoms with van der Waals surface area (Å²) in [5.74, 6) is -2.02. The van der Waals surface area contributed by atoms with E-state index in [9.17, 15) is 34.8 Å². The molecule has 1 aromatic rings. The van der Waals surface area contributed by atoms with Gasteiger partial charge in [-0.1, -0.05) is 15.9 Å². The fourth-order valence-electron chi connectivity index (χ4n) is 1.22. The number of ether oxygens (including phenoxy) is 1. The molecule has 0 radical (unpaired) electrons. The van der Waals surface area contributed by atoms with Crippen molar-refractivity contribution in [1.82, 2.24) is 4.98 Å². The van der Waals surface area contributed by atoms with Gasteiger partial charge in [0.25, 0.3) is 9.05 Å². The van der Waals surface area contributed by atoms with E-state index in [2.05, 4.69) is 25.7 Å². The van der Waals surface area contributed by atoms with Gasteiger partial charge in [0.1, 0.15) is 4.90 Å². The third-order valence-electron chi connectivity index (χ3n) is 1.88. The summed E-state index contributed by atoms with van der Waals surface area (Å²) in [6.07, 6.45) is -10.9. The Morgan fingerprint density at radius 3 is 2.10 bits per heavy atom. The van der Waals surface area contributed by atoms with Crippen LogP contribution < -0.4 is 4.74 Å². The van der Waals surface area contributed by atoms with Gasteiger partial charge in [-0.05, 0) is 6.07 Å². The SMILES string of the molecule is O=S(=O)(Cl)c1cc(CBr)nc(C(F)(F)F)c1OC(F)(F)F. The maximum Gasteiger partial charge on any atom is 0.573 e. The van der Waals surface area contributed by atoms with Crippen LogP contribution in [0.15, 0.2) is 11.0 Å². The van der Waals surface area contributed by atoms with Crippen LogP contribution in [0.5, 0.6) is 5.75 Å². The van der Waals surface area contributed by atoms with Gasteiger partial charge in [-0.25, -0.2) is 13.4 Å². The first-order valence-corrected chi connectivity index (χ1v) is 8.06. The van der Waals surface area contributed by atoms with Crippen molar-refractivity contribution in [2.45, 2.75) is 22.8 Å². The molecule has 0 spiro atoms. The van der Waals surface area contributed by atoms with E-state index >= 15 is 0 Å². The average Bonchev–Trinajstić information content (AvgIpc) is 2.23.